The van der Waals surface area contributed by atoms with Crippen molar-refractivity contribution in [1.29, 1.82) is 0 Å². The number of aliphatic hydroxyl groups is 1. The molecule has 194 valence electrons. The highest BCUT2D eigenvalue weighted by molar-refractivity contribution is 5.95. The molecule has 3 atom stereocenters. The van der Waals surface area contributed by atoms with Crippen LogP contribution in [-0.4, -0.2) is 76.2 Å². The fourth-order valence-electron chi connectivity index (χ4n) is 4.71. The summed E-state index contributed by atoms with van der Waals surface area (Å²) in [5, 5.41) is 9.45. The largest absolute Gasteiger partial charge is 0.447 e. The van der Waals surface area contributed by atoms with Crippen molar-refractivity contribution in [3.63, 3.8) is 0 Å². The second-order valence-corrected chi connectivity index (χ2v) is 10.7. The maximum Gasteiger partial charge on any atom is 0.416 e. The molecular weight excluding hydrogens is 452 g/mol. The average Bonchev–Trinajstić information content (AvgIpc) is 3.28. The Labute approximate surface area is 207 Å². The zero-order valence-electron chi connectivity index (χ0n) is 21.4. The van der Waals surface area contributed by atoms with Gasteiger partial charge in [0, 0.05) is 12.5 Å². The summed E-state index contributed by atoms with van der Waals surface area (Å²) in [6.45, 7) is 9.26. The number of imide groups is 1. The number of carbonyl (C=O) groups is 3. The Bertz CT molecular complexity index is 897. The number of aliphatic hydroxyl groups excluding tert-OH is 1. The van der Waals surface area contributed by atoms with Gasteiger partial charge in [-0.05, 0) is 65.9 Å². The van der Waals surface area contributed by atoms with E-state index in [0.717, 1.165) is 5.56 Å². The number of carbonyl (C=O) groups excluding carboxylic acids is 3. The number of ether oxygens (including phenoxy) is 3. The van der Waals surface area contributed by atoms with Crippen molar-refractivity contribution < 1.29 is 33.7 Å². The van der Waals surface area contributed by atoms with E-state index in [9.17, 15) is 19.5 Å². The highest BCUT2D eigenvalue weighted by Gasteiger charge is 2.48. The van der Waals surface area contributed by atoms with Gasteiger partial charge in [-0.3, -0.25) is 9.69 Å². The van der Waals surface area contributed by atoms with Gasteiger partial charge < -0.3 is 19.3 Å². The molecular formula is C26H38N2O7. The van der Waals surface area contributed by atoms with Gasteiger partial charge in [0.05, 0.1) is 18.7 Å². The van der Waals surface area contributed by atoms with E-state index in [0.29, 0.717) is 19.3 Å². The van der Waals surface area contributed by atoms with E-state index < -0.39 is 41.5 Å². The normalized spacial score (nSPS) is 22.7. The number of benzene rings is 1. The first kappa shape index (κ1) is 26.9. The molecule has 0 aromatic heterocycles. The summed E-state index contributed by atoms with van der Waals surface area (Å²) in [6.07, 6.45) is 0.373. The summed E-state index contributed by atoms with van der Waals surface area (Å²) >= 11 is 0. The lowest BCUT2D eigenvalue weighted by Gasteiger charge is -2.36. The van der Waals surface area contributed by atoms with Crippen LogP contribution in [0.15, 0.2) is 30.3 Å². The first-order valence-corrected chi connectivity index (χ1v) is 12.2. The van der Waals surface area contributed by atoms with E-state index in [1.807, 2.05) is 30.3 Å². The predicted octanol–water partition coefficient (Wildman–Crippen LogP) is 3.73. The molecule has 1 aromatic carbocycles. The topological polar surface area (TPSA) is 106 Å². The Morgan fingerprint density at radius 1 is 1.17 bits per heavy atom. The molecule has 9 nitrogen and oxygen atoms in total. The summed E-state index contributed by atoms with van der Waals surface area (Å²) in [5.41, 5.74) is -0.585. The molecule has 1 aromatic rings. The van der Waals surface area contributed by atoms with Gasteiger partial charge in [0.25, 0.3) is 0 Å². The second kappa shape index (κ2) is 11.0. The smallest absolute Gasteiger partial charge is 0.416 e. The number of rotatable bonds is 8. The van der Waals surface area contributed by atoms with Crippen molar-refractivity contribution in [3.8, 4) is 0 Å². The SMILES string of the molecule is CC(C)(C)OC(=O)N1[C@@H](C[C@H](CCCO)C(=O)N2C(=O)OC[C@@H]2Cc2ccccc2)COC1(C)C. The molecule has 3 rings (SSSR count). The van der Waals surface area contributed by atoms with Crippen LogP contribution < -0.4 is 0 Å². The van der Waals surface area contributed by atoms with Crippen LogP contribution in [0.4, 0.5) is 9.59 Å². The van der Waals surface area contributed by atoms with Crippen LogP contribution in [0.5, 0.6) is 0 Å². The molecule has 2 heterocycles. The maximum atomic E-state index is 13.7. The number of nitrogens with zero attached hydrogens (tertiary/aromatic N) is 2. The van der Waals surface area contributed by atoms with Crippen LogP contribution in [0.25, 0.3) is 0 Å². The molecule has 2 fully saturated rings. The van der Waals surface area contributed by atoms with Crippen molar-refractivity contribution in [2.75, 3.05) is 19.8 Å². The van der Waals surface area contributed by atoms with Gasteiger partial charge in [0.1, 0.15) is 17.9 Å². The van der Waals surface area contributed by atoms with Crippen molar-refractivity contribution in [2.24, 2.45) is 5.92 Å². The molecule has 0 bridgehead atoms. The van der Waals surface area contributed by atoms with Crippen LogP contribution in [0.1, 0.15) is 59.4 Å². The third-order valence-electron chi connectivity index (χ3n) is 6.29. The Morgan fingerprint density at radius 2 is 1.86 bits per heavy atom. The van der Waals surface area contributed by atoms with E-state index in [1.165, 1.54) is 4.90 Å². The van der Waals surface area contributed by atoms with Gasteiger partial charge in [-0.1, -0.05) is 30.3 Å². The second-order valence-electron chi connectivity index (χ2n) is 10.7. The molecule has 3 amide bonds. The third kappa shape index (κ3) is 6.73. The lowest BCUT2D eigenvalue weighted by atomic mass is 9.92. The van der Waals surface area contributed by atoms with E-state index in [2.05, 4.69) is 0 Å². The number of hydrogen-bond donors (Lipinski definition) is 1. The van der Waals surface area contributed by atoms with Crippen LogP contribution in [-0.2, 0) is 25.4 Å². The summed E-state index contributed by atoms with van der Waals surface area (Å²) in [6, 6.07) is 8.81. The summed E-state index contributed by atoms with van der Waals surface area (Å²) in [5.74, 6) is -0.950. The summed E-state index contributed by atoms with van der Waals surface area (Å²) in [7, 11) is 0. The lowest BCUT2D eigenvalue weighted by molar-refractivity contribution is -0.134. The molecule has 2 saturated heterocycles. The maximum absolute atomic E-state index is 13.7. The van der Waals surface area contributed by atoms with Gasteiger partial charge in [-0.15, -0.1) is 0 Å². The monoisotopic (exact) mass is 490 g/mol. The van der Waals surface area contributed by atoms with Crippen LogP contribution in [0.2, 0.25) is 0 Å². The molecule has 0 unspecified atom stereocenters. The molecule has 35 heavy (non-hydrogen) atoms. The molecule has 9 heteroatoms. The minimum atomic E-state index is -0.903. The summed E-state index contributed by atoms with van der Waals surface area (Å²) in [4.78, 5) is 42.1. The van der Waals surface area contributed by atoms with Gasteiger partial charge >= 0.3 is 12.2 Å². The van der Waals surface area contributed by atoms with Crippen LogP contribution in [0, 0.1) is 5.92 Å². The van der Waals surface area contributed by atoms with Crippen molar-refractivity contribution in [3.05, 3.63) is 35.9 Å². The number of amides is 3. The Morgan fingerprint density at radius 3 is 2.49 bits per heavy atom. The Balaban J connectivity index is 1.80. The number of cyclic esters (lactones) is 1. The first-order chi connectivity index (χ1) is 16.4. The van der Waals surface area contributed by atoms with Crippen molar-refractivity contribution in [2.45, 2.75) is 83.7 Å². The molecule has 2 aliphatic rings. The number of hydrogen-bond acceptors (Lipinski definition) is 7. The summed E-state index contributed by atoms with van der Waals surface area (Å²) < 4.78 is 16.8. The predicted molar refractivity (Wildman–Crippen MR) is 128 cm³/mol. The zero-order chi connectivity index (χ0) is 25.8. The minimum absolute atomic E-state index is 0.0793. The Hall–Kier alpha value is -2.65. The first-order valence-electron chi connectivity index (χ1n) is 12.2. The van der Waals surface area contributed by atoms with Crippen LogP contribution >= 0.6 is 0 Å². The van der Waals surface area contributed by atoms with Gasteiger partial charge in [0.2, 0.25) is 5.91 Å². The van der Waals surface area contributed by atoms with E-state index >= 15 is 0 Å². The highest BCUT2D eigenvalue weighted by Crippen LogP contribution is 2.34. The Kier molecular flexibility index (Phi) is 8.43. The van der Waals surface area contributed by atoms with Crippen molar-refractivity contribution in [1.82, 2.24) is 9.80 Å². The fraction of sp³-hybridized carbons (Fsp3) is 0.654. The molecule has 0 saturated carbocycles. The standard InChI is InChI=1S/C26H38N2O7/c1-25(2,3)35-24(32)28-21(17-34-26(28,4)5)15-19(12-9-13-29)22(30)27-20(16-33-23(27)31)14-18-10-7-6-8-11-18/h6-8,10-11,19-21,29H,9,12-17H2,1-5H3/t19-,20-,21-/m0/s1. The molecule has 0 radical (unpaired) electrons. The highest BCUT2D eigenvalue weighted by atomic mass is 16.6. The van der Waals surface area contributed by atoms with Gasteiger partial charge in [-0.2, -0.15) is 0 Å². The van der Waals surface area contributed by atoms with Gasteiger partial charge in [-0.25, -0.2) is 14.5 Å². The molecule has 2 aliphatic heterocycles. The molecule has 1 N–H and O–H groups in total. The average molecular weight is 491 g/mol. The lowest BCUT2D eigenvalue weighted by Crippen LogP contribution is -2.51. The molecule has 0 spiro atoms. The van der Waals surface area contributed by atoms with E-state index in [4.69, 9.17) is 14.2 Å². The van der Waals surface area contributed by atoms with Crippen molar-refractivity contribution >= 4 is 18.1 Å². The third-order valence-corrected chi connectivity index (χ3v) is 6.29. The zero-order valence-corrected chi connectivity index (χ0v) is 21.4. The minimum Gasteiger partial charge on any atom is -0.447 e. The fourth-order valence-corrected chi connectivity index (χ4v) is 4.71. The quantitative estimate of drug-likeness (QED) is 0.592. The van der Waals surface area contributed by atoms with E-state index in [-0.39, 0.29) is 32.1 Å². The van der Waals surface area contributed by atoms with E-state index in [1.54, 1.807) is 39.5 Å². The molecule has 0 aliphatic carbocycles. The van der Waals surface area contributed by atoms with Crippen LogP contribution in [0.3, 0.4) is 0 Å². The van der Waals surface area contributed by atoms with Gasteiger partial charge in [0.15, 0.2) is 0 Å².